The average Bonchev–Trinajstić information content (AvgIpc) is 2.31. The van der Waals surface area contributed by atoms with Gasteiger partial charge in [0.15, 0.2) is 0 Å². The molecular weight excluding hydrogens is 252 g/mol. The molecule has 6 heteroatoms. The molecule has 0 aliphatic heterocycles. The van der Waals surface area contributed by atoms with E-state index < -0.39 is 15.3 Å². The van der Waals surface area contributed by atoms with Gasteiger partial charge < -0.3 is 10.1 Å². The maximum atomic E-state index is 12.3. The van der Waals surface area contributed by atoms with Crippen molar-refractivity contribution in [1.82, 2.24) is 9.62 Å². The van der Waals surface area contributed by atoms with Crippen LogP contribution in [0.3, 0.4) is 0 Å². The Labute approximate surface area is 112 Å². The van der Waals surface area contributed by atoms with E-state index in [1.54, 1.807) is 6.92 Å². The number of sulfonamides is 1. The van der Waals surface area contributed by atoms with Gasteiger partial charge in [-0.2, -0.15) is 4.31 Å². The van der Waals surface area contributed by atoms with Gasteiger partial charge in [-0.1, -0.05) is 20.8 Å². The lowest BCUT2D eigenvalue weighted by Gasteiger charge is -2.25. The summed E-state index contributed by atoms with van der Waals surface area (Å²) in [7, 11) is -3.24. The lowest BCUT2D eigenvalue weighted by Crippen LogP contribution is -2.44. The van der Waals surface area contributed by atoms with Crippen molar-refractivity contribution in [2.45, 2.75) is 45.9 Å². The highest BCUT2D eigenvalue weighted by molar-refractivity contribution is 7.89. The van der Waals surface area contributed by atoms with Gasteiger partial charge in [0.2, 0.25) is 10.0 Å². The molecule has 18 heavy (non-hydrogen) atoms. The van der Waals surface area contributed by atoms with Gasteiger partial charge in [0.25, 0.3) is 0 Å². The first-order valence-electron chi connectivity index (χ1n) is 6.66. The fourth-order valence-corrected chi connectivity index (χ4v) is 3.04. The van der Waals surface area contributed by atoms with Gasteiger partial charge in [-0.3, -0.25) is 0 Å². The first kappa shape index (κ1) is 17.8. The molecule has 0 bridgehead atoms. The van der Waals surface area contributed by atoms with E-state index in [-0.39, 0.29) is 0 Å². The van der Waals surface area contributed by atoms with Crippen LogP contribution in [0.4, 0.5) is 0 Å². The van der Waals surface area contributed by atoms with Crippen LogP contribution in [-0.4, -0.2) is 56.9 Å². The van der Waals surface area contributed by atoms with Gasteiger partial charge in [-0.05, 0) is 13.8 Å². The Kier molecular flexibility index (Phi) is 8.77. The Hall–Kier alpha value is -0.170. The predicted molar refractivity (Wildman–Crippen MR) is 75.3 cm³/mol. The molecule has 0 spiro atoms. The Bertz CT molecular complexity index is 304. The third-order valence-electron chi connectivity index (χ3n) is 2.72. The second-order valence-electron chi connectivity index (χ2n) is 4.61. The number of hydrogen-bond acceptors (Lipinski definition) is 4. The zero-order chi connectivity index (χ0) is 14.2. The monoisotopic (exact) mass is 280 g/mol. The molecule has 5 nitrogen and oxygen atoms in total. The molecule has 0 aromatic heterocycles. The normalized spacial score (nSPS) is 14.4. The van der Waals surface area contributed by atoms with Crippen LogP contribution in [0.25, 0.3) is 0 Å². The van der Waals surface area contributed by atoms with E-state index in [0.717, 1.165) is 0 Å². The van der Waals surface area contributed by atoms with Crippen molar-refractivity contribution in [2.75, 3.05) is 32.8 Å². The summed E-state index contributed by atoms with van der Waals surface area (Å²) < 4.78 is 31.3. The Morgan fingerprint density at radius 2 is 1.83 bits per heavy atom. The number of nitrogens with one attached hydrogen (secondary N) is 1. The van der Waals surface area contributed by atoms with Crippen molar-refractivity contribution < 1.29 is 13.2 Å². The largest absolute Gasteiger partial charge is 0.380 e. The van der Waals surface area contributed by atoms with Crippen LogP contribution in [0.5, 0.6) is 0 Å². The molecule has 0 amide bonds. The summed E-state index contributed by atoms with van der Waals surface area (Å²) in [6, 6.07) is 0.293. The maximum absolute atomic E-state index is 12.3. The average molecular weight is 280 g/mol. The summed E-state index contributed by atoms with van der Waals surface area (Å²) in [5.74, 6) is 0. The van der Waals surface area contributed by atoms with E-state index in [2.05, 4.69) is 5.32 Å². The van der Waals surface area contributed by atoms with Crippen molar-refractivity contribution in [1.29, 1.82) is 0 Å². The van der Waals surface area contributed by atoms with Gasteiger partial charge >= 0.3 is 0 Å². The van der Waals surface area contributed by atoms with Gasteiger partial charge in [0.1, 0.15) is 0 Å². The third kappa shape index (κ3) is 6.13. The van der Waals surface area contributed by atoms with Gasteiger partial charge in [0, 0.05) is 32.3 Å². The van der Waals surface area contributed by atoms with Crippen LogP contribution in [-0.2, 0) is 14.8 Å². The molecule has 0 aromatic rings. The Morgan fingerprint density at radius 3 is 2.28 bits per heavy atom. The smallest absolute Gasteiger partial charge is 0.218 e. The number of hydrogen-bond donors (Lipinski definition) is 1. The quantitative estimate of drug-likeness (QED) is 0.608. The summed E-state index contributed by atoms with van der Waals surface area (Å²) in [4.78, 5) is 0. The zero-order valence-corrected chi connectivity index (χ0v) is 13.1. The SMILES string of the molecule is CCOCCN(CC)S(=O)(=O)C(C)CNC(C)C. The van der Waals surface area contributed by atoms with Crippen molar-refractivity contribution in [2.24, 2.45) is 0 Å². The van der Waals surface area contributed by atoms with E-state index in [9.17, 15) is 8.42 Å². The highest BCUT2D eigenvalue weighted by Crippen LogP contribution is 2.08. The van der Waals surface area contributed by atoms with Crippen molar-refractivity contribution in [3.8, 4) is 0 Å². The summed E-state index contributed by atoms with van der Waals surface area (Å²) in [6.07, 6.45) is 0. The first-order valence-corrected chi connectivity index (χ1v) is 8.16. The standard InChI is InChI=1S/C12H28N2O3S/c1-6-14(8-9-17-7-2)18(15,16)12(5)10-13-11(3)4/h11-13H,6-10H2,1-5H3. The molecule has 1 unspecified atom stereocenters. The van der Waals surface area contributed by atoms with Crippen LogP contribution >= 0.6 is 0 Å². The van der Waals surface area contributed by atoms with Gasteiger partial charge in [-0.15, -0.1) is 0 Å². The molecule has 0 rings (SSSR count). The molecule has 1 atom stereocenters. The van der Waals surface area contributed by atoms with E-state index in [1.165, 1.54) is 4.31 Å². The van der Waals surface area contributed by atoms with Gasteiger partial charge in [-0.25, -0.2) is 8.42 Å². The van der Waals surface area contributed by atoms with Crippen molar-refractivity contribution in [3.05, 3.63) is 0 Å². The highest BCUT2D eigenvalue weighted by atomic mass is 32.2. The van der Waals surface area contributed by atoms with Crippen LogP contribution < -0.4 is 5.32 Å². The fraction of sp³-hybridized carbons (Fsp3) is 1.00. The molecule has 110 valence electrons. The summed E-state index contributed by atoms with van der Waals surface area (Å²) in [5, 5.41) is 2.75. The molecule has 0 aliphatic rings. The van der Waals surface area contributed by atoms with Crippen LogP contribution in [0.2, 0.25) is 0 Å². The van der Waals surface area contributed by atoms with Crippen LogP contribution in [0, 0.1) is 0 Å². The topological polar surface area (TPSA) is 58.6 Å². The van der Waals surface area contributed by atoms with E-state index in [4.69, 9.17) is 4.74 Å². The first-order chi connectivity index (χ1) is 8.36. The fourth-order valence-electron chi connectivity index (χ4n) is 1.54. The second kappa shape index (κ2) is 8.85. The lowest BCUT2D eigenvalue weighted by molar-refractivity contribution is 0.135. The number of nitrogens with zero attached hydrogens (tertiary/aromatic N) is 1. The summed E-state index contributed by atoms with van der Waals surface area (Å²) in [6.45, 7) is 12.0. The number of likely N-dealkylation sites (N-methyl/N-ethyl adjacent to an activating group) is 1. The summed E-state index contributed by atoms with van der Waals surface area (Å²) >= 11 is 0. The molecule has 0 heterocycles. The third-order valence-corrected chi connectivity index (χ3v) is 5.07. The van der Waals surface area contributed by atoms with Crippen LogP contribution in [0.1, 0.15) is 34.6 Å². The minimum Gasteiger partial charge on any atom is -0.380 e. The van der Waals surface area contributed by atoms with Crippen molar-refractivity contribution >= 4 is 10.0 Å². The molecule has 0 saturated heterocycles. The molecule has 0 aliphatic carbocycles. The van der Waals surface area contributed by atoms with E-state index in [0.29, 0.717) is 38.9 Å². The molecule has 1 N–H and O–H groups in total. The van der Waals surface area contributed by atoms with Crippen molar-refractivity contribution in [3.63, 3.8) is 0 Å². The van der Waals surface area contributed by atoms with E-state index >= 15 is 0 Å². The molecular formula is C12H28N2O3S. The Morgan fingerprint density at radius 1 is 1.22 bits per heavy atom. The predicted octanol–water partition coefficient (Wildman–Crippen LogP) is 1.06. The molecule has 0 aromatic carbocycles. The summed E-state index contributed by atoms with van der Waals surface area (Å²) in [5.41, 5.74) is 0. The second-order valence-corrected chi connectivity index (χ2v) is 6.96. The lowest BCUT2D eigenvalue weighted by atomic mass is 10.3. The number of rotatable bonds is 10. The minimum atomic E-state index is -3.24. The minimum absolute atomic E-state index is 0.293. The Balaban J connectivity index is 4.44. The highest BCUT2D eigenvalue weighted by Gasteiger charge is 2.27. The zero-order valence-electron chi connectivity index (χ0n) is 12.3. The van der Waals surface area contributed by atoms with Gasteiger partial charge in [0.05, 0.1) is 11.9 Å². The van der Waals surface area contributed by atoms with Crippen LogP contribution in [0.15, 0.2) is 0 Å². The molecule has 0 saturated carbocycles. The molecule has 0 radical (unpaired) electrons. The van der Waals surface area contributed by atoms with E-state index in [1.807, 2.05) is 27.7 Å². The molecule has 0 fully saturated rings. The number of ether oxygens (including phenoxy) is 1. The maximum Gasteiger partial charge on any atom is 0.218 e.